The van der Waals surface area contributed by atoms with Crippen LogP contribution in [0.15, 0.2) is 42.5 Å². The Morgan fingerprint density at radius 2 is 1.81 bits per heavy atom. The first-order valence-electron chi connectivity index (χ1n) is 8.09. The number of hydrogen-bond donors (Lipinski definition) is 1. The molecule has 0 aromatic heterocycles. The standard InChI is InChI=1S/C18H20N2O5S/c1-24-16-6-3-5-15(17(16)25-2)18(21)19-13-7-9-14(10-8-13)20-11-4-12-26(20,22)23/h3,5-10H,4,11-12H2,1-2H3,(H,19,21). The first kappa shape index (κ1) is 18.1. The van der Waals surface area contributed by atoms with Gasteiger partial charge in [0.2, 0.25) is 10.0 Å². The molecule has 0 spiro atoms. The first-order valence-corrected chi connectivity index (χ1v) is 9.70. The fourth-order valence-corrected chi connectivity index (χ4v) is 4.47. The molecule has 0 bridgehead atoms. The molecule has 7 nitrogen and oxygen atoms in total. The molecular formula is C18H20N2O5S. The molecule has 1 amide bonds. The van der Waals surface area contributed by atoms with Gasteiger partial charge in [0.15, 0.2) is 11.5 Å². The van der Waals surface area contributed by atoms with Crippen molar-refractivity contribution in [3.63, 3.8) is 0 Å². The molecule has 1 heterocycles. The second kappa shape index (κ2) is 7.25. The third kappa shape index (κ3) is 3.45. The van der Waals surface area contributed by atoms with E-state index in [0.29, 0.717) is 41.4 Å². The lowest BCUT2D eigenvalue weighted by molar-refractivity contribution is 0.102. The fourth-order valence-electron chi connectivity index (χ4n) is 2.90. The summed E-state index contributed by atoms with van der Waals surface area (Å²) in [4.78, 5) is 12.6. The fraction of sp³-hybridized carbons (Fsp3) is 0.278. The maximum Gasteiger partial charge on any atom is 0.259 e. The van der Waals surface area contributed by atoms with Crippen molar-refractivity contribution in [2.75, 3.05) is 36.1 Å². The van der Waals surface area contributed by atoms with Crippen LogP contribution in [0.5, 0.6) is 11.5 Å². The van der Waals surface area contributed by atoms with Gasteiger partial charge >= 0.3 is 0 Å². The van der Waals surface area contributed by atoms with Gasteiger partial charge in [0.1, 0.15) is 0 Å². The zero-order valence-corrected chi connectivity index (χ0v) is 15.4. The van der Waals surface area contributed by atoms with Gasteiger partial charge in [-0.15, -0.1) is 0 Å². The summed E-state index contributed by atoms with van der Waals surface area (Å²) in [6, 6.07) is 11.8. The number of rotatable bonds is 5. The van der Waals surface area contributed by atoms with Gasteiger partial charge < -0.3 is 14.8 Å². The second-order valence-electron chi connectivity index (χ2n) is 5.78. The number of hydrogen-bond acceptors (Lipinski definition) is 5. The summed E-state index contributed by atoms with van der Waals surface area (Å²) in [6.07, 6.45) is 0.621. The summed E-state index contributed by atoms with van der Waals surface area (Å²) < 4.78 is 35.8. The molecule has 0 aliphatic carbocycles. The van der Waals surface area contributed by atoms with Gasteiger partial charge in [0, 0.05) is 12.2 Å². The van der Waals surface area contributed by atoms with E-state index >= 15 is 0 Å². The summed E-state index contributed by atoms with van der Waals surface area (Å²) in [5, 5.41) is 2.78. The Morgan fingerprint density at radius 1 is 1.08 bits per heavy atom. The largest absolute Gasteiger partial charge is 0.493 e. The molecule has 2 aromatic rings. The number of nitrogens with zero attached hydrogens (tertiary/aromatic N) is 1. The summed E-state index contributed by atoms with van der Waals surface area (Å²) >= 11 is 0. The van der Waals surface area contributed by atoms with Crippen molar-refractivity contribution in [1.82, 2.24) is 0 Å². The average molecular weight is 376 g/mol. The van der Waals surface area contributed by atoms with Crippen molar-refractivity contribution in [2.24, 2.45) is 0 Å². The molecule has 1 fully saturated rings. The number of ether oxygens (including phenoxy) is 2. The lowest BCUT2D eigenvalue weighted by atomic mass is 10.1. The number of sulfonamides is 1. The molecule has 1 aliphatic heterocycles. The number of para-hydroxylation sites is 1. The SMILES string of the molecule is COc1cccc(C(=O)Nc2ccc(N3CCCS3(=O)=O)cc2)c1OC. The highest BCUT2D eigenvalue weighted by molar-refractivity contribution is 7.93. The Bertz CT molecular complexity index is 910. The molecule has 1 saturated heterocycles. The molecule has 1 aliphatic rings. The van der Waals surface area contributed by atoms with E-state index < -0.39 is 10.0 Å². The van der Waals surface area contributed by atoms with E-state index in [1.54, 1.807) is 42.5 Å². The Balaban J connectivity index is 1.79. The number of methoxy groups -OCH3 is 2. The maximum atomic E-state index is 12.6. The van der Waals surface area contributed by atoms with Crippen molar-refractivity contribution >= 4 is 27.3 Å². The maximum absolute atomic E-state index is 12.6. The second-order valence-corrected chi connectivity index (χ2v) is 7.80. The summed E-state index contributed by atoms with van der Waals surface area (Å²) in [5.41, 5.74) is 1.50. The smallest absolute Gasteiger partial charge is 0.259 e. The van der Waals surface area contributed by atoms with Crippen molar-refractivity contribution < 1.29 is 22.7 Å². The molecule has 0 unspecified atom stereocenters. The Hall–Kier alpha value is -2.74. The molecule has 0 saturated carbocycles. The van der Waals surface area contributed by atoms with E-state index in [2.05, 4.69) is 5.32 Å². The molecule has 8 heteroatoms. The van der Waals surface area contributed by atoms with Crippen LogP contribution in [0.1, 0.15) is 16.8 Å². The molecule has 138 valence electrons. The monoisotopic (exact) mass is 376 g/mol. The van der Waals surface area contributed by atoms with E-state index in [-0.39, 0.29) is 11.7 Å². The van der Waals surface area contributed by atoms with E-state index in [4.69, 9.17) is 9.47 Å². The lowest BCUT2D eigenvalue weighted by Crippen LogP contribution is -2.25. The highest BCUT2D eigenvalue weighted by Gasteiger charge is 2.28. The zero-order chi connectivity index (χ0) is 18.7. The van der Waals surface area contributed by atoms with Crippen LogP contribution in [0, 0.1) is 0 Å². The normalized spacial score (nSPS) is 15.5. The van der Waals surface area contributed by atoms with Crippen LogP contribution in [0.3, 0.4) is 0 Å². The van der Waals surface area contributed by atoms with Crippen LogP contribution >= 0.6 is 0 Å². The zero-order valence-electron chi connectivity index (χ0n) is 14.6. The van der Waals surface area contributed by atoms with Gasteiger partial charge in [-0.3, -0.25) is 9.10 Å². The topological polar surface area (TPSA) is 84.9 Å². The summed E-state index contributed by atoms with van der Waals surface area (Å²) in [7, 11) is -0.243. The van der Waals surface area contributed by atoms with Crippen molar-refractivity contribution in [1.29, 1.82) is 0 Å². The molecule has 0 radical (unpaired) electrons. The number of benzene rings is 2. The predicted molar refractivity (Wildman–Crippen MR) is 99.7 cm³/mol. The van der Waals surface area contributed by atoms with Crippen molar-refractivity contribution in [2.45, 2.75) is 6.42 Å². The van der Waals surface area contributed by atoms with Crippen molar-refractivity contribution in [3.8, 4) is 11.5 Å². The molecule has 0 atom stereocenters. The predicted octanol–water partition coefficient (Wildman–Crippen LogP) is 2.50. The molecule has 3 rings (SSSR count). The van der Waals surface area contributed by atoms with Gasteiger partial charge in [0.05, 0.1) is 31.2 Å². The Kier molecular flexibility index (Phi) is 5.03. The number of carbonyl (C=O) groups is 1. The number of amides is 1. The van der Waals surface area contributed by atoms with Crippen molar-refractivity contribution in [3.05, 3.63) is 48.0 Å². The number of anilines is 2. The minimum Gasteiger partial charge on any atom is -0.493 e. The van der Waals surface area contributed by atoms with Crippen LogP contribution in [-0.2, 0) is 10.0 Å². The molecule has 2 aromatic carbocycles. The molecule has 1 N–H and O–H groups in total. The summed E-state index contributed by atoms with van der Waals surface area (Å²) in [6.45, 7) is 0.481. The molecular weight excluding hydrogens is 356 g/mol. The van der Waals surface area contributed by atoms with Crippen LogP contribution in [0.2, 0.25) is 0 Å². The average Bonchev–Trinajstić information content (AvgIpc) is 3.00. The first-order chi connectivity index (χ1) is 12.5. The highest BCUT2D eigenvalue weighted by Crippen LogP contribution is 2.31. The van der Waals surface area contributed by atoms with Gasteiger partial charge in [0.25, 0.3) is 5.91 Å². The summed E-state index contributed by atoms with van der Waals surface area (Å²) in [5.74, 6) is 0.644. The molecule has 26 heavy (non-hydrogen) atoms. The van der Waals surface area contributed by atoms with E-state index in [1.165, 1.54) is 18.5 Å². The third-order valence-corrected chi connectivity index (χ3v) is 6.03. The highest BCUT2D eigenvalue weighted by atomic mass is 32.2. The number of nitrogens with one attached hydrogen (secondary N) is 1. The van der Waals surface area contributed by atoms with E-state index in [0.717, 1.165) is 0 Å². The quantitative estimate of drug-likeness (QED) is 0.867. The van der Waals surface area contributed by atoms with Gasteiger partial charge in [-0.1, -0.05) is 6.07 Å². The Labute approximate surface area is 152 Å². The van der Waals surface area contributed by atoms with Crippen LogP contribution < -0.4 is 19.1 Å². The van der Waals surface area contributed by atoms with Gasteiger partial charge in [-0.25, -0.2) is 8.42 Å². The van der Waals surface area contributed by atoms with Crippen LogP contribution in [-0.4, -0.2) is 40.8 Å². The van der Waals surface area contributed by atoms with Gasteiger partial charge in [-0.05, 0) is 42.8 Å². The minimum atomic E-state index is -3.22. The van der Waals surface area contributed by atoms with E-state index in [1.807, 2.05) is 0 Å². The van der Waals surface area contributed by atoms with E-state index in [9.17, 15) is 13.2 Å². The third-order valence-electron chi connectivity index (χ3n) is 4.16. The number of carbonyl (C=O) groups excluding carboxylic acids is 1. The van der Waals surface area contributed by atoms with Crippen LogP contribution in [0.4, 0.5) is 11.4 Å². The van der Waals surface area contributed by atoms with Gasteiger partial charge in [-0.2, -0.15) is 0 Å². The minimum absolute atomic E-state index is 0.168. The lowest BCUT2D eigenvalue weighted by Gasteiger charge is -2.17. The van der Waals surface area contributed by atoms with Crippen LogP contribution in [0.25, 0.3) is 0 Å². The Morgan fingerprint density at radius 3 is 2.38 bits per heavy atom.